The molecule has 1 aliphatic carbocycles. The second-order valence-electron chi connectivity index (χ2n) is 5.07. The highest BCUT2D eigenvalue weighted by Crippen LogP contribution is 2.52. The average molecular weight is 254 g/mol. The third kappa shape index (κ3) is 1.42. The van der Waals surface area contributed by atoms with Gasteiger partial charge in [-0.25, -0.2) is 0 Å². The molecular weight excluding hydrogens is 240 g/mol. The van der Waals surface area contributed by atoms with Gasteiger partial charge in [0.15, 0.2) is 0 Å². The van der Waals surface area contributed by atoms with Gasteiger partial charge < -0.3 is 0 Å². The lowest BCUT2D eigenvalue weighted by molar-refractivity contribution is 1.49. The van der Waals surface area contributed by atoms with Crippen LogP contribution in [-0.4, -0.2) is 0 Å². The molecule has 0 bridgehead atoms. The van der Waals surface area contributed by atoms with E-state index in [1.807, 2.05) is 6.08 Å². The van der Waals surface area contributed by atoms with Crippen molar-refractivity contribution in [1.82, 2.24) is 0 Å². The van der Waals surface area contributed by atoms with Gasteiger partial charge in [0.1, 0.15) is 0 Å². The van der Waals surface area contributed by atoms with E-state index in [2.05, 4.69) is 73.3 Å². The maximum Gasteiger partial charge on any atom is -0.00143 e. The van der Waals surface area contributed by atoms with Crippen LogP contribution < -0.4 is 0 Å². The number of benzene rings is 3. The van der Waals surface area contributed by atoms with Crippen molar-refractivity contribution >= 4 is 6.08 Å². The van der Waals surface area contributed by atoms with E-state index >= 15 is 0 Å². The summed E-state index contributed by atoms with van der Waals surface area (Å²) in [6.45, 7) is 3.97. The zero-order valence-corrected chi connectivity index (χ0v) is 11.1. The fourth-order valence-electron chi connectivity index (χ4n) is 3.08. The zero-order valence-electron chi connectivity index (χ0n) is 11.1. The predicted molar refractivity (Wildman–Crippen MR) is 86.4 cm³/mol. The lowest BCUT2D eigenvalue weighted by Gasteiger charge is -2.28. The first-order chi connectivity index (χ1) is 9.90. The summed E-state index contributed by atoms with van der Waals surface area (Å²) in [5.74, 6) is 0. The van der Waals surface area contributed by atoms with Crippen LogP contribution in [0, 0.1) is 0 Å². The fraction of sp³-hybridized carbons (Fsp3) is 0. The van der Waals surface area contributed by atoms with Crippen LogP contribution in [0.3, 0.4) is 0 Å². The van der Waals surface area contributed by atoms with Crippen LogP contribution in [0.4, 0.5) is 0 Å². The number of hydrogen-bond donors (Lipinski definition) is 0. The second-order valence-corrected chi connectivity index (χ2v) is 5.07. The number of hydrogen-bond acceptors (Lipinski definition) is 0. The Morgan fingerprint density at radius 3 is 2.05 bits per heavy atom. The summed E-state index contributed by atoms with van der Waals surface area (Å²) < 4.78 is 0. The number of rotatable bonds is 2. The Hall–Kier alpha value is -2.60. The van der Waals surface area contributed by atoms with Crippen molar-refractivity contribution in [3.05, 3.63) is 78.9 Å². The van der Waals surface area contributed by atoms with Crippen molar-refractivity contribution < 1.29 is 0 Å². The molecule has 94 valence electrons. The highest BCUT2D eigenvalue weighted by atomic mass is 14.3. The zero-order chi connectivity index (χ0) is 13.5. The molecule has 0 heteroatoms. The van der Waals surface area contributed by atoms with Crippen molar-refractivity contribution in [3.63, 3.8) is 0 Å². The standard InChI is InChI=1S/C20H14/c1-2-14-12-13-18-16-10-6-7-11-17(16)20(18)19(14)15-8-4-3-5-9-15/h2-13H,1H2. The maximum absolute atomic E-state index is 3.97. The molecule has 0 nitrogen and oxygen atoms in total. The van der Waals surface area contributed by atoms with Crippen LogP contribution in [-0.2, 0) is 0 Å². The summed E-state index contributed by atoms with van der Waals surface area (Å²) in [6, 6.07) is 23.6. The van der Waals surface area contributed by atoms with Crippen molar-refractivity contribution in [2.24, 2.45) is 0 Å². The molecule has 0 saturated heterocycles. The molecule has 0 fully saturated rings. The van der Waals surface area contributed by atoms with Crippen molar-refractivity contribution in [2.75, 3.05) is 0 Å². The molecule has 0 heterocycles. The summed E-state index contributed by atoms with van der Waals surface area (Å²) in [4.78, 5) is 0. The summed E-state index contributed by atoms with van der Waals surface area (Å²) in [5, 5.41) is 0. The van der Waals surface area contributed by atoms with Crippen LogP contribution in [0.5, 0.6) is 0 Å². The molecule has 0 aliphatic heterocycles. The Kier molecular flexibility index (Phi) is 2.37. The average Bonchev–Trinajstić information content (AvgIpc) is 2.52. The van der Waals surface area contributed by atoms with E-state index in [0.717, 1.165) is 0 Å². The van der Waals surface area contributed by atoms with Gasteiger partial charge in [0, 0.05) is 0 Å². The van der Waals surface area contributed by atoms with E-state index < -0.39 is 0 Å². The summed E-state index contributed by atoms with van der Waals surface area (Å²) in [7, 11) is 0. The molecule has 3 aromatic carbocycles. The van der Waals surface area contributed by atoms with Gasteiger partial charge in [0.05, 0.1) is 0 Å². The maximum atomic E-state index is 3.97. The molecule has 4 rings (SSSR count). The molecule has 0 saturated carbocycles. The fourth-order valence-corrected chi connectivity index (χ4v) is 3.08. The van der Waals surface area contributed by atoms with Gasteiger partial charge in [0.2, 0.25) is 0 Å². The normalized spacial score (nSPS) is 11.2. The van der Waals surface area contributed by atoms with E-state index in [0.29, 0.717) is 0 Å². The SMILES string of the molecule is C=Cc1ccc2c(c1-c1ccccc1)-c1ccccc1-2. The smallest absolute Gasteiger partial charge is 0.00143 e. The molecule has 0 N–H and O–H groups in total. The summed E-state index contributed by atoms with van der Waals surface area (Å²) in [5.41, 5.74) is 9.18. The highest BCUT2D eigenvalue weighted by Gasteiger charge is 2.26. The minimum absolute atomic E-state index is 1.20. The molecule has 0 spiro atoms. The summed E-state index contributed by atoms with van der Waals surface area (Å²) in [6.07, 6.45) is 1.95. The minimum Gasteiger partial charge on any atom is -0.0984 e. The van der Waals surface area contributed by atoms with E-state index in [4.69, 9.17) is 0 Å². The summed E-state index contributed by atoms with van der Waals surface area (Å²) >= 11 is 0. The first-order valence-electron chi connectivity index (χ1n) is 6.85. The van der Waals surface area contributed by atoms with Crippen LogP contribution in [0.1, 0.15) is 5.56 Å². The Morgan fingerprint density at radius 2 is 1.30 bits per heavy atom. The molecular formula is C20H14. The first kappa shape index (κ1) is 11.2. The highest BCUT2D eigenvalue weighted by molar-refractivity contribution is 6.10. The Morgan fingerprint density at radius 1 is 0.600 bits per heavy atom. The van der Waals surface area contributed by atoms with E-state index in [1.165, 1.54) is 38.9 Å². The lowest BCUT2D eigenvalue weighted by Crippen LogP contribution is -2.02. The third-order valence-electron chi connectivity index (χ3n) is 4.01. The van der Waals surface area contributed by atoms with E-state index in [-0.39, 0.29) is 0 Å². The lowest BCUT2D eigenvalue weighted by atomic mass is 9.75. The molecule has 0 amide bonds. The molecule has 0 atom stereocenters. The first-order valence-corrected chi connectivity index (χ1v) is 6.85. The van der Waals surface area contributed by atoms with Gasteiger partial charge in [0.25, 0.3) is 0 Å². The molecule has 1 aliphatic rings. The Bertz CT molecular complexity index is 811. The van der Waals surface area contributed by atoms with Gasteiger partial charge in [-0.05, 0) is 38.9 Å². The molecule has 0 radical (unpaired) electrons. The second kappa shape index (κ2) is 4.21. The molecule has 0 aromatic heterocycles. The van der Waals surface area contributed by atoms with Crippen molar-refractivity contribution in [2.45, 2.75) is 0 Å². The topological polar surface area (TPSA) is 0 Å². The Balaban J connectivity index is 2.04. The van der Waals surface area contributed by atoms with Gasteiger partial charge in [-0.2, -0.15) is 0 Å². The van der Waals surface area contributed by atoms with Gasteiger partial charge in [-0.15, -0.1) is 0 Å². The van der Waals surface area contributed by atoms with Gasteiger partial charge in [-0.3, -0.25) is 0 Å². The predicted octanol–water partition coefficient (Wildman–Crippen LogP) is 5.64. The largest absolute Gasteiger partial charge is 0.0984 e. The van der Waals surface area contributed by atoms with Gasteiger partial charge in [-0.1, -0.05) is 79.4 Å². The molecule has 20 heavy (non-hydrogen) atoms. The molecule has 0 unspecified atom stereocenters. The van der Waals surface area contributed by atoms with Crippen LogP contribution in [0.25, 0.3) is 39.5 Å². The van der Waals surface area contributed by atoms with Crippen LogP contribution in [0.15, 0.2) is 73.3 Å². The number of fused-ring (bicyclic) bond motifs is 4. The van der Waals surface area contributed by atoms with E-state index in [9.17, 15) is 0 Å². The van der Waals surface area contributed by atoms with Crippen molar-refractivity contribution in [1.29, 1.82) is 0 Å². The van der Waals surface area contributed by atoms with Crippen LogP contribution >= 0.6 is 0 Å². The Labute approximate surface area is 119 Å². The minimum atomic E-state index is 1.20. The van der Waals surface area contributed by atoms with Gasteiger partial charge >= 0.3 is 0 Å². The monoisotopic (exact) mass is 254 g/mol. The van der Waals surface area contributed by atoms with E-state index in [1.54, 1.807) is 0 Å². The third-order valence-corrected chi connectivity index (χ3v) is 4.01. The quantitative estimate of drug-likeness (QED) is 0.434. The van der Waals surface area contributed by atoms with Crippen molar-refractivity contribution in [3.8, 4) is 33.4 Å². The molecule has 3 aromatic rings. The van der Waals surface area contributed by atoms with Crippen LogP contribution in [0.2, 0.25) is 0 Å².